The molecule has 0 aliphatic carbocycles. The normalized spacial score (nSPS) is 11.4. The quantitative estimate of drug-likeness (QED) is 0.422. The molecule has 0 unspecified atom stereocenters. The smallest absolute Gasteiger partial charge is 0.191 e. The highest BCUT2D eigenvalue weighted by Gasteiger charge is 2.04. The summed E-state index contributed by atoms with van der Waals surface area (Å²) in [4.78, 5) is 9.05. The maximum absolute atomic E-state index is 5.43. The summed E-state index contributed by atoms with van der Waals surface area (Å²) in [5.74, 6) is 2.77. The van der Waals surface area contributed by atoms with E-state index in [0.29, 0.717) is 6.54 Å². The van der Waals surface area contributed by atoms with Gasteiger partial charge in [-0.2, -0.15) is 0 Å². The molecule has 3 rings (SSSR count). The maximum atomic E-state index is 5.43. The van der Waals surface area contributed by atoms with E-state index < -0.39 is 0 Å². The third kappa shape index (κ3) is 6.11. The number of aromatic nitrogens is 2. The van der Waals surface area contributed by atoms with Crippen molar-refractivity contribution < 1.29 is 4.74 Å². The molecule has 0 fully saturated rings. The van der Waals surface area contributed by atoms with Gasteiger partial charge in [0.1, 0.15) is 11.6 Å². The lowest BCUT2D eigenvalue weighted by molar-refractivity contribution is 0.409. The number of nitrogens with zero attached hydrogens (tertiary/aromatic N) is 3. The first kappa shape index (κ1) is 21.4. The number of para-hydroxylation sites is 1. The summed E-state index contributed by atoms with van der Waals surface area (Å²) in [6.07, 6.45) is 4.71. The molecular weight excluding hydrogens is 374 g/mol. The molecule has 0 spiro atoms. The first-order valence-corrected chi connectivity index (χ1v) is 10.4. The average molecular weight is 406 g/mol. The fourth-order valence-electron chi connectivity index (χ4n) is 3.33. The van der Waals surface area contributed by atoms with Gasteiger partial charge in [0.2, 0.25) is 0 Å². The predicted molar refractivity (Wildman–Crippen MR) is 122 cm³/mol. The van der Waals surface area contributed by atoms with Crippen LogP contribution >= 0.6 is 0 Å². The molecule has 158 valence electrons. The number of imidazole rings is 1. The molecule has 2 aromatic carbocycles. The van der Waals surface area contributed by atoms with E-state index in [-0.39, 0.29) is 0 Å². The molecule has 1 heterocycles. The lowest BCUT2D eigenvalue weighted by atomic mass is 10.1. The number of nitrogens with one attached hydrogen (secondary N) is 2. The first-order chi connectivity index (χ1) is 14.7. The summed E-state index contributed by atoms with van der Waals surface area (Å²) in [5, 5.41) is 6.74. The Balaban J connectivity index is 1.59. The number of rotatable bonds is 9. The summed E-state index contributed by atoms with van der Waals surface area (Å²) < 4.78 is 7.58. The van der Waals surface area contributed by atoms with Crippen LogP contribution in [0.15, 0.2) is 65.9 Å². The summed E-state index contributed by atoms with van der Waals surface area (Å²) in [7, 11) is 1.71. The van der Waals surface area contributed by atoms with E-state index in [1.807, 2.05) is 37.5 Å². The van der Waals surface area contributed by atoms with Crippen LogP contribution in [0.1, 0.15) is 29.4 Å². The molecular formula is C24H31N5O. The summed E-state index contributed by atoms with van der Waals surface area (Å²) in [6, 6.07) is 16.7. The molecule has 0 bridgehead atoms. The second kappa shape index (κ2) is 11.0. The SMILES string of the molecule is CCNC(=NCc1cccc(Cn2ccnc2C)c1)NCCc1ccccc1OC. The molecule has 6 heteroatoms. The van der Waals surface area contributed by atoms with Crippen molar-refractivity contribution in [3.63, 3.8) is 0 Å². The van der Waals surface area contributed by atoms with Gasteiger partial charge in [0.25, 0.3) is 0 Å². The third-order valence-corrected chi connectivity index (χ3v) is 4.91. The summed E-state index contributed by atoms with van der Waals surface area (Å²) >= 11 is 0. The number of hydrogen-bond donors (Lipinski definition) is 2. The highest BCUT2D eigenvalue weighted by molar-refractivity contribution is 5.79. The van der Waals surface area contributed by atoms with Gasteiger partial charge in [-0.15, -0.1) is 0 Å². The number of hydrogen-bond acceptors (Lipinski definition) is 3. The largest absolute Gasteiger partial charge is 0.496 e. The van der Waals surface area contributed by atoms with Crippen molar-refractivity contribution in [3.8, 4) is 5.75 Å². The number of guanidine groups is 1. The van der Waals surface area contributed by atoms with Crippen LogP contribution in [-0.2, 0) is 19.5 Å². The van der Waals surface area contributed by atoms with E-state index >= 15 is 0 Å². The number of ether oxygens (including phenoxy) is 1. The number of aryl methyl sites for hydroxylation is 1. The van der Waals surface area contributed by atoms with E-state index in [0.717, 1.165) is 43.6 Å². The van der Waals surface area contributed by atoms with Crippen molar-refractivity contribution in [3.05, 3.63) is 83.4 Å². The number of aliphatic imine (C=N–C) groups is 1. The van der Waals surface area contributed by atoms with Gasteiger partial charge < -0.3 is 19.9 Å². The lowest BCUT2D eigenvalue weighted by Crippen LogP contribution is -2.38. The van der Waals surface area contributed by atoms with Crippen LogP contribution in [0, 0.1) is 6.92 Å². The van der Waals surface area contributed by atoms with Crippen molar-refractivity contribution in [1.29, 1.82) is 0 Å². The van der Waals surface area contributed by atoms with Gasteiger partial charge in [-0.3, -0.25) is 0 Å². The van der Waals surface area contributed by atoms with E-state index in [1.54, 1.807) is 7.11 Å². The van der Waals surface area contributed by atoms with Gasteiger partial charge >= 0.3 is 0 Å². The molecule has 2 N–H and O–H groups in total. The Bertz CT molecular complexity index is 963. The molecule has 6 nitrogen and oxygen atoms in total. The van der Waals surface area contributed by atoms with Gasteiger partial charge in [0.05, 0.1) is 13.7 Å². The molecule has 30 heavy (non-hydrogen) atoms. The molecule has 0 radical (unpaired) electrons. The van der Waals surface area contributed by atoms with Crippen LogP contribution in [-0.4, -0.2) is 35.7 Å². The van der Waals surface area contributed by atoms with Crippen LogP contribution in [0.5, 0.6) is 5.75 Å². The Labute approximate surface area is 179 Å². The highest BCUT2D eigenvalue weighted by atomic mass is 16.5. The molecule has 0 saturated heterocycles. The van der Waals surface area contributed by atoms with Gasteiger partial charge in [0.15, 0.2) is 5.96 Å². The lowest BCUT2D eigenvalue weighted by Gasteiger charge is -2.13. The maximum Gasteiger partial charge on any atom is 0.191 e. The predicted octanol–water partition coefficient (Wildman–Crippen LogP) is 3.55. The minimum atomic E-state index is 0.626. The molecule has 0 aliphatic heterocycles. The standard InChI is InChI=1S/C24H31N5O/c1-4-25-24(27-13-12-22-10-5-6-11-23(22)30-3)28-17-20-8-7-9-21(16-20)18-29-15-14-26-19(29)2/h5-11,14-16H,4,12-13,17-18H2,1-3H3,(H2,25,27,28). The zero-order valence-corrected chi connectivity index (χ0v) is 18.1. The topological polar surface area (TPSA) is 63.5 Å². The molecule has 0 aliphatic rings. The Morgan fingerprint density at radius 1 is 1.10 bits per heavy atom. The second-order valence-electron chi connectivity index (χ2n) is 7.11. The molecule has 0 amide bonds. The Morgan fingerprint density at radius 3 is 2.70 bits per heavy atom. The second-order valence-corrected chi connectivity index (χ2v) is 7.11. The number of methoxy groups -OCH3 is 1. The zero-order chi connectivity index (χ0) is 21.2. The van der Waals surface area contributed by atoms with Crippen LogP contribution in [0.3, 0.4) is 0 Å². The minimum absolute atomic E-state index is 0.626. The first-order valence-electron chi connectivity index (χ1n) is 10.4. The molecule has 3 aromatic rings. The Kier molecular flexibility index (Phi) is 7.89. The number of benzene rings is 2. The fourth-order valence-corrected chi connectivity index (χ4v) is 3.33. The average Bonchev–Trinajstić information content (AvgIpc) is 3.17. The highest BCUT2D eigenvalue weighted by Crippen LogP contribution is 2.17. The van der Waals surface area contributed by atoms with Crippen molar-refractivity contribution in [2.24, 2.45) is 4.99 Å². The van der Waals surface area contributed by atoms with Crippen LogP contribution in [0.2, 0.25) is 0 Å². The Hall–Kier alpha value is -3.28. The van der Waals surface area contributed by atoms with E-state index in [9.17, 15) is 0 Å². The van der Waals surface area contributed by atoms with Gasteiger partial charge in [-0.1, -0.05) is 42.5 Å². The monoisotopic (exact) mass is 405 g/mol. The van der Waals surface area contributed by atoms with E-state index in [1.165, 1.54) is 16.7 Å². The van der Waals surface area contributed by atoms with Gasteiger partial charge in [-0.05, 0) is 43.0 Å². The fraction of sp³-hybridized carbons (Fsp3) is 0.333. The third-order valence-electron chi connectivity index (χ3n) is 4.91. The molecule has 1 aromatic heterocycles. The zero-order valence-electron chi connectivity index (χ0n) is 18.1. The van der Waals surface area contributed by atoms with Crippen molar-refractivity contribution in [2.45, 2.75) is 33.4 Å². The Morgan fingerprint density at radius 2 is 1.93 bits per heavy atom. The van der Waals surface area contributed by atoms with Gasteiger partial charge in [0, 0.05) is 32.0 Å². The van der Waals surface area contributed by atoms with Crippen LogP contribution < -0.4 is 15.4 Å². The van der Waals surface area contributed by atoms with Gasteiger partial charge in [-0.25, -0.2) is 9.98 Å². The van der Waals surface area contributed by atoms with Crippen molar-refractivity contribution in [1.82, 2.24) is 20.2 Å². The molecule has 0 saturated carbocycles. The van der Waals surface area contributed by atoms with Crippen molar-refractivity contribution >= 4 is 5.96 Å². The van der Waals surface area contributed by atoms with Crippen LogP contribution in [0.4, 0.5) is 0 Å². The van der Waals surface area contributed by atoms with E-state index in [4.69, 9.17) is 9.73 Å². The van der Waals surface area contributed by atoms with Crippen LogP contribution in [0.25, 0.3) is 0 Å². The molecule has 0 atom stereocenters. The van der Waals surface area contributed by atoms with E-state index in [2.05, 4.69) is 57.4 Å². The minimum Gasteiger partial charge on any atom is -0.496 e. The summed E-state index contributed by atoms with van der Waals surface area (Å²) in [5.41, 5.74) is 3.62. The summed E-state index contributed by atoms with van der Waals surface area (Å²) in [6.45, 7) is 7.15. The van der Waals surface area contributed by atoms with Crippen molar-refractivity contribution in [2.75, 3.05) is 20.2 Å².